The number of fused-ring (bicyclic) bond motifs is 1. The van der Waals surface area contributed by atoms with Crippen molar-refractivity contribution in [2.24, 2.45) is 11.3 Å². The minimum absolute atomic E-state index is 0.0341. The van der Waals surface area contributed by atoms with Crippen molar-refractivity contribution in [3.05, 3.63) is 12.2 Å². The molecule has 2 aliphatic carbocycles. The van der Waals surface area contributed by atoms with E-state index < -0.39 is 0 Å². The third kappa shape index (κ3) is 1.25. The van der Waals surface area contributed by atoms with Gasteiger partial charge in [-0.15, -0.1) is 0 Å². The third-order valence-electron chi connectivity index (χ3n) is 3.99. The molecule has 0 bridgehead atoms. The quantitative estimate of drug-likeness (QED) is 0.521. The molecule has 0 saturated heterocycles. The van der Waals surface area contributed by atoms with E-state index in [1.54, 1.807) is 0 Å². The second-order valence-corrected chi connectivity index (χ2v) is 4.80. The van der Waals surface area contributed by atoms with Gasteiger partial charge in [-0.05, 0) is 38.0 Å². The molecule has 2 rings (SSSR count). The molecule has 2 unspecified atom stereocenters. The van der Waals surface area contributed by atoms with Gasteiger partial charge in [0.15, 0.2) is 0 Å². The number of carbonyl (C=O) groups excluding carboxylic acids is 1. The average molecular weight is 178 g/mol. The SMILES string of the molecule is C=C1CCCC2(C)C(=O)CCCC12. The second-order valence-electron chi connectivity index (χ2n) is 4.80. The van der Waals surface area contributed by atoms with E-state index in [0.29, 0.717) is 11.7 Å². The maximum atomic E-state index is 11.9. The fourth-order valence-corrected chi connectivity index (χ4v) is 3.09. The van der Waals surface area contributed by atoms with Crippen LogP contribution in [-0.2, 0) is 4.79 Å². The van der Waals surface area contributed by atoms with Gasteiger partial charge in [-0.1, -0.05) is 19.1 Å². The Balaban J connectivity index is 2.29. The zero-order valence-electron chi connectivity index (χ0n) is 8.44. The van der Waals surface area contributed by atoms with E-state index in [1.165, 1.54) is 12.0 Å². The Hall–Kier alpha value is -0.590. The first-order valence-electron chi connectivity index (χ1n) is 5.35. The standard InChI is InChI=1S/C12H18O/c1-9-5-4-8-12(2)10(9)6-3-7-11(12)13/h10H,1,3-8H2,2H3. The Bertz CT molecular complexity index is 254. The van der Waals surface area contributed by atoms with Gasteiger partial charge in [-0.25, -0.2) is 0 Å². The minimum atomic E-state index is -0.0341. The molecule has 0 aliphatic heterocycles. The first-order valence-corrected chi connectivity index (χ1v) is 5.35. The monoisotopic (exact) mass is 178 g/mol. The largest absolute Gasteiger partial charge is 0.299 e. The van der Waals surface area contributed by atoms with Gasteiger partial charge in [0.05, 0.1) is 0 Å². The molecule has 2 atom stereocenters. The van der Waals surface area contributed by atoms with Gasteiger partial charge < -0.3 is 0 Å². The number of rotatable bonds is 0. The molecule has 0 spiro atoms. The highest BCUT2D eigenvalue weighted by Crippen LogP contribution is 2.49. The normalized spacial score (nSPS) is 40.2. The summed E-state index contributed by atoms with van der Waals surface area (Å²) in [5, 5.41) is 0. The summed E-state index contributed by atoms with van der Waals surface area (Å²) in [7, 11) is 0. The lowest BCUT2D eigenvalue weighted by atomic mass is 9.58. The molecule has 1 nitrogen and oxygen atoms in total. The van der Waals surface area contributed by atoms with Crippen LogP contribution in [0.4, 0.5) is 0 Å². The zero-order chi connectivity index (χ0) is 9.47. The molecule has 0 radical (unpaired) electrons. The summed E-state index contributed by atoms with van der Waals surface area (Å²) >= 11 is 0. The fourth-order valence-electron chi connectivity index (χ4n) is 3.09. The van der Waals surface area contributed by atoms with Gasteiger partial charge in [-0.3, -0.25) is 4.79 Å². The molecule has 13 heavy (non-hydrogen) atoms. The van der Waals surface area contributed by atoms with Crippen molar-refractivity contribution in [1.29, 1.82) is 0 Å². The van der Waals surface area contributed by atoms with E-state index in [1.807, 2.05) is 0 Å². The molecule has 0 N–H and O–H groups in total. The summed E-state index contributed by atoms with van der Waals surface area (Å²) < 4.78 is 0. The van der Waals surface area contributed by atoms with Crippen molar-refractivity contribution in [3.8, 4) is 0 Å². The predicted octanol–water partition coefficient (Wildman–Crippen LogP) is 3.10. The third-order valence-corrected chi connectivity index (χ3v) is 3.99. The van der Waals surface area contributed by atoms with Crippen molar-refractivity contribution in [1.82, 2.24) is 0 Å². The first kappa shape index (κ1) is 8.98. The van der Waals surface area contributed by atoms with E-state index in [9.17, 15) is 4.79 Å². The van der Waals surface area contributed by atoms with Crippen molar-refractivity contribution in [2.45, 2.75) is 45.4 Å². The fraction of sp³-hybridized carbons (Fsp3) is 0.750. The van der Waals surface area contributed by atoms with Crippen LogP contribution in [0.15, 0.2) is 12.2 Å². The number of hydrogen-bond donors (Lipinski definition) is 0. The number of allylic oxidation sites excluding steroid dienone is 1. The van der Waals surface area contributed by atoms with Crippen LogP contribution < -0.4 is 0 Å². The van der Waals surface area contributed by atoms with Gasteiger partial charge >= 0.3 is 0 Å². The van der Waals surface area contributed by atoms with E-state index in [-0.39, 0.29) is 5.41 Å². The molecule has 1 heteroatoms. The average Bonchev–Trinajstić information content (AvgIpc) is 2.08. The maximum absolute atomic E-state index is 11.9. The summed E-state index contributed by atoms with van der Waals surface area (Å²) in [6.07, 6.45) is 6.49. The number of hydrogen-bond acceptors (Lipinski definition) is 1. The number of ketones is 1. The smallest absolute Gasteiger partial charge is 0.139 e. The van der Waals surface area contributed by atoms with E-state index in [2.05, 4.69) is 13.5 Å². The Labute approximate surface area is 80.2 Å². The van der Waals surface area contributed by atoms with Crippen LogP contribution in [-0.4, -0.2) is 5.78 Å². The molecule has 2 saturated carbocycles. The highest BCUT2D eigenvalue weighted by atomic mass is 16.1. The molecule has 0 aromatic heterocycles. The molecule has 0 heterocycles. The van der Waals surface area contributed by atoms with Crippen LogP contribution in [0, 0.1) is 11.3 Å². The van der Waals surface area contributed by atoms with Crippen molar-refractivity contribution in [2.75, 3.05) is 0 Å². The molecule has 0 aromatic rings. The van der Waals surface area contributed by atoms with Crippen molar-refractivity contribution >= 4 is 5.78 Å². The predicted molar refractivity (Wildman–Crippen MR) is 53.4 cm³/mol. The van der Waals surface area contributed by atoms with E-state index in [4.69, 9.17) is 0 Å². The van der Waals surface area contributed by atoms with Gasteiger partial charge in [0.25, 0.3) is 0 Å². The topological polar surface area (TPSA) is 17.1 Å². The lowest BCUT2D eigenvalue weighted by Gasteiger charge is -2.44. The summed E-state index contributed by atoms with van der Waals surface area (Å²) in [4.78, 5) is 11.9. The van der Waals surface area contributed by atoms with Crippen molar-refractivity contribution in [3.63, 3.8) is 0 Å². The van der Waals surface area contributed by atoms with Gasteiger partial charge in [0, 0.05) is 11.8 Å². The van der Waals surface area contributed by atoms with Crippen LogP contribution in [0.25, 0.3) is 0 Å². The highest BCUT2D eigenvalue weighted by Gasteiger charge is 2.45. The van der Waals surface area contributed by atoms with Gasteiger partial charge in [-0.2, -0.15) is 0 Å². The van der Waals surface area contributed by atoms with Crippen LogP contribution in [0.2, 0.25) is 0 Å². The maximum Gasteiger partial charge on any atom is 0.139 e. The van der Waals surface area contributed by atoms with E-state index in [0.717, 1.165) is 32.1 Å². The van der Waals surface area contributed by atoms with Gasteiger partial charge in [0.2, 0.25) is 0 Å². The zero-order valence-corrected chi connectivity index (χ0v) is 8.44. The second kappa shape index (κ2) is 2.97. The molecule has 2 fully saturated rings. The number of Topliss-reactive ketones (excluding diaryl/α,β-unsaturated/α-hetero) is 1. The summed E-state index contributed by atoms with van der Waals surface area (Å²) in [6, 6.07) is 0. The Kier molecular flexibility index (Phi) is 2.05. The molecular weight excluding hydrogens is 160 g/mol. The van der Waals surface area contributed by atoms with Crippen LogP contribution >= 0.6 is 0 Å². The molecule has 2 aliphatic rings. The lowest BCUT2D eigenvalue weighted by molar-refractivity contribution is -0.134. The molecule has 0 aromatic carbocycles. The molecule has 0 amide bonds. The Morgan fingerprint density at radius 2 is 2.15 bits per heavy atom. The van der Waals surface area contributed by atoms with Gasteiger partial charge in [0.1, 0.15) is 5.78 Å². The molecular formula is C12H18O. The van der Waals surface area contributed by atoms with Crippen LogP contribution in [0.1, 0.15) is 45.4 Å². The van der Waals surface area contributed by atoms with Crippen molar-refractivity contribution < 1.29 is 4.79 Å². The van der Waals surface area contributed by atoms with E-state index >= 15 is 0 Å². The minimum Gasteiger partial charge on any atom is -0.299 e. The lowest BCUT2D eigenvalue weighted by Crippen LogP contribution is -2.42. The molecule has 72 valence electrons. The highest BCUT2D eigenvalue weighted by molar-refractivity contribution is 5.86. The Morgan fingerprint density at radius 3 is 2.85 bits per heavy atom. The van der Waals surface area contributed by atoms with Crippen LogP contribution in [0.5, 0.6) is 0 Å². The Morgan fingerprint density at radius 1 is 1.38 bits per heavy atom. The summed E-state index contributed by atoms with van der Waals surface area (Å²) in [5.41, 5.74) is 1.30. The first-order chi connectivity index (χ1) is 6.14. The summed E-state index contributed by atoms with van der Waals surface area (Å²) in [6.45, 7) is 6.28. The van der Waals surface area contributed by atoms with Crippen LogP contribution in [0.3, 0.4) is 0 Å². The summed E-state index contributed by atoms with van der Waals surface area (Å²) in [5.74, 6) is 0.993. The number of carbonyl (C=O) groups is 1.